The van der Waals surface area contributed by atoms with Crippen molar-refractivity contribution in [1.29, 1.82) is 0 Å². The molecule has 0 aliphatic carbocycles. The molecule has 1 aliphatic heterocycles. The van der Waals surface area contributed by atoms with Crippen molar-refractivity contribution in [3.05, 3.63) is 78.1 Å². The van der Waals surface area contributed by atoms with Crippen LogP contribution in [0.25, 0.3) is 11.1 Å². The van der Waals surface area contributed by atoms with Crippen molar-refractivity contribution < 1.29 is 23.9 Å². The molecule has 12 heteroatoms. The number of aliphatic hydroxyl groups excluding tert-OH is 1. The number of thioether (sulfide) groups is 1. The highest BCUT2D eigenvalue weighted by atomic mass is 32.2. The van der Waals surface area contributed by atoms with Crippen LogP contribution >= 0.6 is 11.8 Å². The first-order chi connectivity index (χ1) is 20.9. The Labute approximate surface area is 261 Å². The molecule has 234 valence electrons. The lowest BCUT2D eigenvalue weighted by atomic mass is 9.99. The summed E-state index contributed by atoms with van der Waals surface area (Å²) in [5.74, 6) is -0.825. The summed E-state index contributed by atoms with van der Waals surface area (Å²) in [7, 11) is 1.55. The van der Waals surface area contributed by atoms with E-state index < -0.39 is 40.7 Å². The van der Waals surface area contributed by atoms with Crippen LogP contribution in [0.5, 0.6) is 0 Å². The van der Waals surface area contributed by atoms with Gasteiger partial charge in [0.15, 0.2) is 0 Å². The highest BCUT2D eigenvalue weighted by Crippen LogP contribution is 2.37. The van der Waals surface area contributed by atoms with E-state index in [0.717, 1.165) is 16.7 Å². The minimum atomic E-state index is -0.929. The second-order valence-electron chi connectivity index (χ2n) is 11.4. The Morgan fingerprint density at radius 3 is 2.50 bits per heavy atom. The van der Waals surface area contributed by atoms with Gasteiger partial charge in [0.2, 0.25) is 5.91 Å². The first-order valence-corrected chi connectivity index (χ1v) is 15.2. The van der Waals surface area contributed by atoms with Crippen LogP contribution < -0.4 is 31.9 Å². The van der Waals surface area contributed by atoms with Gasteiger partial charge in [-0.15, -0.1) is 11.8 Å². The Morgan fingerprint density at radius 1 is 1.07 bits per heavy atom. The lowest BCUT2D eigenvalue weighted by Gasteiger charge is -2.29. The van der Waals surface area contributed by atoms with Crippen molar-refractivity contribution in [2.24, 2.45) is 0 Å². The van der Waals surface area contributed by atoms with E-state index in [2.05, 4.69) is 31.9 Å². The summed E-state index contributed by atoms with van der Waals surface area (Å²) in [4.78, 5) is 39.0. The van der Waals surface area contributed by atoms with Crippen LogP contribution in [0.4, 0.5) is 25.4 Å². The zero-order valence-electron chi connectivity index (χ0n) is 25.2. The Balaban J connectivity index is 1.54. The average molecular weight is 623 g/mol. The number of carbonyl (C=O) groups excluding carboxylic acids is 3. The van der Waals surface area contributed by atoms with Gasteiger partial charge in [0.05, 0.1) is 17.5 Å². The predicted molar refractivity (Wildman–Crippen MR) is 172 cm³/mol. The van der Waals surface area contributed by atoms with Crippen LogP contribution in [0, 0.1) is 5.82 Å². The highest BCUT2D eigenvalue weighted by molar-refractivity contribution is 8.00. The van der Waals surface area contributed by atoms with Gasteiger partial charge in [-0.25, -0.2) is 14.0 Å². The van der Waals surface area contributed by atoms with Gasteiger partial charge in [-0.2, -0.15) is 0 Å². The van der Waals surface area contributed by atoms with Gasteiger partial charge in [0, 0.05) is 41.4 Å². The molecule has 0 aromatic heterocycles. The predicted octanol–water partition coefficient (Wildman–Crippen LogP) is 4.32. The smallest absolute Gasteiger partial charge is 0.318 e. The maximum atomic E-state index is 14.2. The van der Waals surface area contributed by atoms with Crippen molar-refractivity contribution in [3.8, 4) is 11.1 Å². The number of para-hydroxylation sites is 1. The number of halogens is 1. The Kier molecular flexibility index (Phi) is 10.8. The molecule has 1 heterocycles. The van der Waals surface area contributed by atoms with Crippen molar-refractivity contribution >= 4 is 41.1 Å². The molecule has 0 spiro atoms. The van der Waals surface area contributed by atoms with Crippen molar-refractivity contribution in [2.75, 3.05) is 30.8 Å². The maximum absolute atomic E-state index is 14.2. The molecule has 10 nitrogen and oxygen atoms in total. The first-order valence-electron chi connectivity index (χ1n) is 14.4. The monoisotopic (exact) mass is 622 g/mol. The average Bonchev–Trinajstić information content (AvgIpc) is 3.11. The number of aliphatic hydroxyl groups is 1. The molecule has 5 amide bonds. The minimum Gasteiger partial charge on any atom is -0.392 e. The van der Waals surface area contributed by atoms with E-state index in [0.29, 0.717) is 29.2 Å². The van der Waals surface area contributed by atoms with E-state index in [9.17, 15) is 23.9 Å². The van der Waals surface area contributed by atoms with Crippen molar-refractivity contribution in [1.82, 2.24) is 21.3 Å². The molecule has 0 saturated carbocycles. The molecule has 1 unspecified atom stereocenters. The number of benzene rings is 3. The molecular weight excluding hydrogens is 583 g/mol. The number of urea groups is 2. The number of hydrogen-bond acceptors (Lipinski definition) is 6. The topological polar surface area (TPSA) is 144 Å². The number of anilines is 2. The number of β-amino-alcohol motifs (C(OH)–C–C–N with tert-alkyl or cyclic N) is 1. The molecule has 7 N–H and O–H groups in total. The molecule has 1 aliphatic rings. The van der Waals surface area contributed by atoms with E-state index in [1.54, 1.807) is 14.0 Å². The van der Waals surface area contributed by atoms with Gasteiger partial charge in [-0.05, 0) is 62.6 Å². The van der Waals surface area contributed by atoms with Crippen molar-refractivity contribution in [2.45, 2.75) is 55.0 Å². The quantitative estimate of drug-likeness (QED) is 0.180. The van der Waals surface area contributed by atoms with Gasteiger partial charge >= 0.3 is 12.1 Å². The normalized spacial score (nSPS) is 17.0. The standard InChI is InChI=1S/C32H39FN6O4S/c1-19(40)17-36-32(2,3)18-35-31(43)39-28-27(44-26-16-22(33)13-14-25(26)37-29(28)41)15-20-9-11-21(12-10-20)23-7-5-6-8-24(23)38-30(42)34-4/h5-14,16,19,27-28,36,40H,15,17-18H2,1-4H3,(H,37,41)(H2,34,38,42)(H2,35,39,43)/t19-,27?,28-/m1/s1. The summed E-state index contributed by atoms with van der Waals surface area (Å²) in [5, 5.41) is 26.2. The summed E-state index contributed by atoms with van der Waals surface area (Å²) in [6.07, 6.45) is -0.135. The summed E-state index contributed by atoms with van der Waals surface area (Å²) in [6, 6.07) is 17.6. The molecule has 3 atom stereocenters. The molecule has 0 saturated heterocycles. The third-order valence-electron chi connectivity index (χ3n) is 7.09. The Morgan fingerprint density at radius 2 is 1.80 bits per heavy atom. The third-order valence-corrected chi connectivity index (χ3v) is 8.43. The summed E-state index contributed by atoms with van der Waals surface area (Å²) < 4.78 is 14.2. The fourth-order valence-corrected chi connectivity index (χ4v) is 6.04. The molecule has 3 aromatic carbocycles. The van der Waals surface area contributed by atoms with Gasteiger partial charge in [0.25, 0.3) is 0 Å². The molecule has 0 radical (unpaired) electrons. The second-order valence-corrected chi connectivity index (χ2v) is 12.6. The number of amides is 5. The Bertz CT molecular complexity index is 1480. The summed E-state index contributed by atoms with van der Waals surface area (Å²) >= 11 is 1.33. The van der Waals surface area contributed by atoms with Crippen molar-refractivity contribution in [3.63, 3.8) is 0 Å². The van der Waals surface area contributed by atoms with Crippen LogP contribution in [-0.4, -0.2) is 66.1 Å². The van der Waals surface area contributed by atoms with Crippen LogP contribution in [0.2, 0.25) is 0 Å². The number of nitrogens with one attached hydrogen (secondary N) is 6. The van der Waals surface area contributed by atoms with Gasteiger partial charge in [-0.1, -0.05) is 42.5 Å². The SMILES string of the molecule is CNC(=O)Nc1ccccc1-c1ccc(CC2Sc3cc(F)ccc3NC(=O)[C@@H]2NC(=O)NCC(C)(C)NC[C@@H](C)O)cc1. The molecule has 4 rings (SSSR count). The Hall–Kier alpha value is -4.13. The van der Waals surface area contributed by atoms with E-state index in [4.69, 9.17) is 0 Å². The van der Waals surface area contributed by atoms with Crippen LogP contribution in [-0.2, 0) is 11.2 Å². The number of rotatable bonds is 10. The highest BCUT2D eigenvalue weighted by Gasteiger charge is 2.35. The summed E-state index contributed by atoms with van der Waals surface area (Å²) in [6.45, 7) is 6.08. The zero-order valence-corrected chi connectivity index (χ0v) is 26.0. The van der Waals surface area contributed by atoms with E-state index in [1.165, 1.54) is 30.0 Å². The second kappa shape index (κ2) is 14.6. The molecule has 44 heavy (non-hydrogen) atoms. The maximum Gasteiger partial charge on any atom is 0.318 e. The van der Waals surface area contributed by atoms with Gasteiger partial charge in [-0.3, -0.25) is 4.79 Å². The van der Waals surface area contributed by atoms with Crippen LogP contribution in [0.15, 0.2) is 71.6 Å². The fourth-order valence-electron chi connectivity index (χ4n) is 4.69. The lowest BCUT2D eigenvalue weighted by Crippen LogP contribution is -2.56. The van der Waals surface area contributed by atoms with E-state index in [-0.39, 0.29) is 12.6 Å². The van der Waals surface area contributed by atoms with E-state index in [1.807, 2.05) is 62.4 Å². The first kappa shape index (κ1) is 32.8. The van der Waals surface area contributed by atoms with Gasteiger partial charge < -0.3 is 37.0 Å². The van der Waals surface area contributed by atoms with Gasteiger partial charge in [0.1, 0.15) is 11.9 Å². The largest absolute Gasteiger partial charge is 0.392 e. The molecule has 0 fully saturated rings. The minimum absolute atomic E-state index is 0.251. The lowest BCUT2D eigenvalue weighted by molar-refractivity contribution is -0.117. The zero-order chi connectivity index (χ0) is 31.9. The van der Waals surface area contributed by atoms with Crippen LogP contribution in [0.1, 0.15) is 26.3 Å². The number of hydrogen-bond donors (Lipinski definition) is 7. The summed E-state index contributed by atoms with van der Waals surface area (Å²) in [5.41, 5.74) is 3.28. The fraction of sp³-hybridized carbons (Fsp3) is 0.344. The molecule has 3 aromatic rings. The van der Waals surface area contributed by atoms with Crippen LogP contribution in [0.3, 0.4) is 0 Å². The molecular formula is C32H39FN6O4S. The number of carbonyl (C=O) groups is 3. The van der Waals surface area contributed by atoms with E-state index >= 15 is 0 Å². The number of fused-ring (bicyclic) bond motifs is 1. The molecule has 0 bridgehead atoms. The third kappa shape index (κ3) is 8.94.